The molecule has 1 heterocycles. The minimum Gasteiger partial charge on any atom is -0.368 e. The maximum atomic E-state index is 12.7. The lowest BCUT2D eigenvalue weighted by molar-refractivity contribution is 0.00545. The quantitative estimate of drug-likeness (QED) is 0.576. The summed E-state index contributed by atoms with van der Waals surface area (Å²) in [6, 6.07) is 16.9. The van der Waals surface area contributed by atoms with E-state index in [1.54, 1.807) is 0 Å². The van der Waals surface area contributed by atoms with Crippen molar-refractivity contribution in [1.82, 2.24) is 15.1 Å². The maximum absolute atomic E-state index is 12.7. The summed E-state index contributed by atoms with van der Waals surface area (Å²) in [6.07, 6.45) is 5.94. The first-order valence-corrected chi connectivity index (χ1v) is 12.6. The van der Waals surface area contributed by atoms with E-state index >= 15 is 0 Å². The number of piperazine rings is 1. The summed E-state index contributed by atoms with van der Waals surface area (Å²) < 4.78 is 6.41. The molecule has 178 valence electrons. The van der Waals surface area contributed by atoms with Crippen molar-refractivity contribution in [1.29, 1.82) is 0 Å². The third-order valence-corrected chi connectivity index (χ3v) is 7.04. The SMILES string of the molecule is Cc1cccc(CO[C@H](CN2CCN(C(=O)NC3CCCCC3)CC2)c2ccc(Cl)cc2)c1. The Kier molecular flexibility index (Phi) is 8.65. The zero-order valence-electron chi connectivity index (χ0n) is 19.6. The Balaban J connectivity index is 1.32. The number of amides is 2. The van der Waals surface area contributed by atoms with Crippen molar-refractivity contribution in [2.24, 2.45) is 0 Å². The summed E-state index contributed by atoms with van der Waals surface area (Å²) in [4.78, 5) is 17.1. The van der Waals surface area contributed by atoms with Gasteiger partial charge in [0.2, 0.25) is 0 Å². The number of aryl methyl sites for hydroxylation is 1. The van der Waals surface area contributed by atoms with Crippen LogP contribution < -0.4 is 5.32 Å². The van der Waals surface area contributed by atoms with Crippen LogP contribution >= 0.6 is 11.6 Å². The molecule has 33 heavy (non-hydrogen) atoms. The molecular formula is C27H36ClN3O2. The number of rotatable bonds is 7. The van der Waals surface area contributed by atoms with Gasteiger partial charge in [-0.15, -0.1) is 0 Å². The number of carbonyl (C=O) groups excluding carboxylic acids is 1. The number of carbonyl (C=O) groups is 1. The third kappa shape index (κ3) is 7.20. The topological polar surface area (TPSA) is 44.8 Å². The Morgan fingerprint density at radius 2 is 1.79 bits per heavy atom. The zero-order chi connectivity index (χ0) is 23.0. The fraction of sp³-hybridized carbons (Fsp3) is 0.519. The van der Waals surface area contributed by atoms with Crippen molar-refractivity contribution in [2.75, 3.05) is 32.7 Å². The maximum Gasteiger partial charge on any atom is 0.317 e. The number of nitrogens with zero attached hydrogens (tertiary/aromatic N) is 2. The summed E-state index contributed by atoms with van der Waals surface area (Å²) in [5, 5.41) is 3.98. The van der Waals surface area contributed by atoms with E-state index in [1.807, 2.05) is 17.0 Å². The average Bonchev–Trinajstić information content (AvgIpc) is 2.83. The van der Waals surface area contributed by atoms with Gasteiger partial charge >= 0.3 is 6.03 Å². The largest absolute Gasteiger partial charge is 0.368 e. The van der Waals surface area contributed by atoms with Gasteiger partial charge in [-0.3, -0.25) is 4.90 Å². The van der Waals surface area contributed by atoms with Crippen LogP contribution in [0.15, 0.2) is 48.5 Å². The molecule has 1 aliphatic carbocycles. The van der Waals surface area contributed by atoms with Gasteiger partial charge in [-0.25, -0.2) is 4.79 Å². The molecule has 2 aromatic rings. The highest BCUT2D eigenvalue weighted by Gasteiger charge is 2.26. The van der Waals surface area contributed by atoms with Gasteiger partial charge in [0.1, 0.15) is 0 Å². The number of ether oxygens (including phenoxy) is 1. The molecule has 1 atom stereocenters. The van der Waals surface area contributed by atoms with E-state index in [-0.39, 0.29) is 12.1 Å². The van der Waals surface area contributed by atoms with Crippen LogP contribution in [0.25, 0.3) is 0 Å². The highest BCUT2D eigenvalue weighted by Crippen LogP contribution is 2.24. The van der Waals surface area contributed by atoms with E-state index in [4.69, 9.17) is 16.3 Å². The van der Waals surface area contributed by atoms with Gasteiger partial charge in [-0.05, 0) is 43.0 Å². The van der Waals surface area contributed by atoms with E-state index in [9.17, 15) is 4.79 Å². The molecule has 1 saturated carbocycles. The molecule has 0 radical (unpaired) electrons. The molecule has 0 bridgehead atoms. The fourth-order valence-electron chi connectivity index (χ4n) is 4.81. The third-order valence-electron chi connectivity index (χ3n) is 6.79. The molecule has 2 aliphatic rings. The molecule has 0 unspecified atom stereocenters. The summed E-state index contributed by atoms with van der Waals surface area (Å²) in [5.41, 5.74) is 3.55. The molecule has 0 spiro atoms. The molecule has 1 saturated heterocycles. The van der Waals surface area contributed by atoms with Crippen LogP contribution in [0, 0.1) is 6.92 Å². The second kappa shape index (κ2) is 11.9. The highest BCUT2D eigenvalue weighted by atomic mass is 35.5. The summed E-state index contributed by atoms with van der Waals surface area (Å²) in [7, 11) is 0. The first kappa shape index (κ1) is 24.1. The van der Waals surface area contributed by atoms with E-state index in [0.717, 1.165) is 56.2 Å². The molecule has 1 aliphatic heterocycles. The number of benzene rings is 2. The van der Waals surface area contributed by atoms with Crippen LogP contribution in [-0.4, -0.2) is 54.6 Å². The van der Waals surface area contributed by atoms with E-state index in [1.165, 1.54) is 30.4 Å². The Labute approximate surface area is 203 Å². The number of nitrogens with one attached hydrogen (secondary N) is 1. The Morgan fingerprint density at radius 3 is 2.48 bits per heavy atom. The van der Waals surface area contributed by atoms with E-state index in [0.29, 0.717) is 12.6 Å². The molecule has 1 N–H and O–H groups in total. The van der Waals surface area contributed by atoms with Crippen LogP contribution in [0.4, 0.5) is 4.79 Å². The summed E-state index contributed by atoms with van der Waals surface area (Å²) in [5.74, 6) is 0. The van der Waals surface area contributed by atoms with Crippen molar-refractivity contribution in [3.8, 4) is 0 Å². The van der Waals surface area contributed by atoms with Crippen molar-refractivity contribution >= 4 is 17.6 Å². The minimum atomic E-state index is -0.0506. The second-order valence-corrected chi connectivity index (χ2v) is 9.85. The van der Waals surface area contributed by atoms with Gasteiger partial charge in [0.05, 0.1) is 12.7 Å². The number of halogens is 1. The number of hydrogen-bond acceptors (Lipinski definition) is 3. The van der Waals surface area contributed by atoms with Crippen LogP contribution in [0.1, 0.15) is 54.9 Å². The minimum absolute atomic E-state index is 0.0506. The summed E-state index contributed by atoms with van der Waals surface area (Å²) >= 11 is 6.12. The van der Waals surface area contributed by atoms with Gasteiger partial charge in [0, 0.05) is 43.8 Å². The standard InChI is InChI=1S/C27H36ClN3O2/c1-21-6-5-7-22(18-21)20-33-26(23-10-12-24(28)13-11-23)19-30-14-16-31(17-15-30)27(32)29-25-8-3-2-4-9-25/h5-7,10-13,18,25-26H,2-4,8-9,14-17,19-20H2,1H3,(H,29,32)/t26-/m1/s1. The Bertz CT molecular complexity index is 890. The Hall–Kier alpha value is -2.08. The van der Waals surface area contributed by atoms with Gasteiger partial charge < -0.3 is 15.0 Å². The highest BCUT2D eigenvalue weighted by molar-refractivity contribution is 6.30. The Morgan fingerprint density at radius 1 is 1.06 bits per heavy atom. The molecule has 2 amide bonds. The average molecular weight is 470 g/mol. The van der Waals surface area contributed by atoms with Crippen LogP contribution in [-0.2, 0) is 11.3 Å². The predicted molar refractivity (Wildman–Crippen MR) is 134 cm³/mol. The van der Waals surface area contributed by atoms with E-state index < -0.39 is 0 Å². The molecule has 6 heteroatoms. The lowest BCUT2D eigenvalue weighted by Crippen LogP contribution is -2.54. The molecule has 2 fully saturated rings. The monoisotopic (exact) mass is 469 g/mol. The van der Waals surface area contributed by atoms with Crippen LogP contribution in [0.3, 0.4) is 0 Å². The lowest BCUT2D eigenvalue weighted by atomic mass is 9.96. The fourth-order valence-corrected chi connectivity index (χ4v) is 4.94. The molecule has 2 aromatic carbocycles. The molecular weight excluding hydrogens is 434 g/mol. The molecule has 4 rings (SSSR count). The van der Waals surface area contributed by atoms with Gasteiger partial charge in [0.25, 0.3) is 0 Å². The zero-order valence-corrected chi connectivity index (χ0v) is 20.4. The van der Waals surface area contributed by atoms with Crippen LogP contribution in [0.2, 0.25) is 5.02 Å². The van der Waals surface area contributed by atoms with Crippen molar-refractivity contribution < 1.29 is 9.53 Å². The molecule has 0 aromatic heterocycles. The van der Waals surface area contributed by atoms with Crippen LogP contribution in [0.5, 0.6) is 0 Å². The normalized spacial score (nSPS) is 18.8. The lowest BCUT2D eigenvalue weighted by Gasteiger charge is -2.37. The van der Waals surface area contributed by atoms with Gasteiger partial charge in [0.15, 0.2) is 0 Å². The van der Waals surface area contributed by atoms with Crippen molar-refractivity contribution in [3.05, 3.63) is 70.2 Å². The van der Waals surface area contributed by atoms with Crippen molar-refractivity contribution in [3.63, 3.8) is 0 Å². The van der Waals surface area contributed by atoms with Gasteiger partial charge in [-0.2, -0.15) is 0 Å². The van der Waals surface area contributed by atoms with Gasteiger partial charge in [-0.1, -0.05) is 72.8 Å². The predicted octanol–water partition coefficient (Wildman–Crippen LogP) is 5.57. The first-order valence-electron chi connectivity index (χ1n) is 12.3. The first-order chi connectivity index (χ1) is 16.1. The summed E-state index contributed by atoms with van der Waals surface area (Å²) in [6.45, 7) is 6.69. The molecule has 5 nitrogen and oxygen atoms in total. The second-order valence-electron chi connectivity index (χ2n) is 9.41. The van der Waals surface area contributed by atoms with E-state index in [2.05, 4.69) is 53.5 Å². The smallest absolute Gasteiger partial charge is 0.317 e. The van der Waals surface area contributed by atoms with Crippen molar-refractivity contribution in [2.45, 2.75) is 57.8 Å². The number of urea groups is 1. The number of hydrogen-bond donors (Lipinski definition) is 1.